The third-order valence-corrected chi connectivity index (χ3v) is 3.60. The molecule has 0 aliphatic rings. The van der Waals surface area contributed by atoms with Gasteiger partial charge in [0.2, 0.25) is 5.78 Å². The molecule has 0 spiro atoms. The van der Waals surface area contributed by atoms with Crippen molar-refractivity contribution in [3.05, 3.63) is 71.8 Å². The minimum absolute atomic E-state index is 0.0931. The standard InChI is InChI=1S/C21H20O5/c1-3-15-8-10-16(11-9-15)14-26-18-7-5-6-17(12-18)19(22)13-20(23)21(24)25-4-2/h3,5-12H,1,4,13-14H2,2H3. The number of carbonyl (C=O) groups excluding carboxylic acids is 3. The highest BCUT2D eigenvalue weighted by molar-refractivity contribution is 6.38. The van der Waals surface area contributed by atoms with Crippen molar-refractivity contribution >= 4 is 23.6 Å². The normalized spacial score (nSPS) is 10.0. The summed E-state index contributed by atoms with van der Waals surface area (Å²) < 4.78 is 10.3. The van der Waals surface area contributed by atoms with Crippen LogP contribution in [0.4, 0.5) is 0 Å². The highest BCUT2D eigenvalue weighted by atomic mass is 16.5. The van der Waals surface area contributed by atoms with Gasteiger partial charge in [-0.15, -0.1) is 0 Å². The summed E-state index contributed by atoms with van der Waals surface area (Å²) in [5.41, 5.74) is 2.31. The van der Waals surface area contributed by atoms with Crippen LogP contribution in [-0.4, -0.2) is 24.1 Å². The summed E-state index contributed by atoms with van der Waals surface area (Å²) in [7, 11) is 0. The summed E-state index contributed by atoms with van der Waals surface area (Å²) in [5.74, 6) is -1.79. The van der Waals surface area contributed by atoms with Crippen LogP contribution in [0.25, 0.3) is 6.08 Å². The van der Waals surface area contributed by atoms with E-state index in [9.17, 15) is 14.4 Å². The molecule has 0 radical (unpaired) electrons. The van der Waals surface area contributed by atoms with Gasteiger partial charge < -0.3 is 9.47 Å². The Balaban J connectivity index is 1.97. The van der Waals surface area contributed by atoms with E-state index in [0.717, 1.165) is 11.1 Å². The molecule has 0 saturated heterocycles. The minimum atomic E-state index is -0.990. The Hall–Kier alpha value is -3.21. The number of carbonyl (C=O) groups is 3. The van der Waals surface area contributed by atoms with Crippen LogP contribution in [0.1, 0.15) is 34.8 Å². The van der Waals surface area contributed by atoms with Crippen LogP contribution in [0.3, 0.4) is 0 Å². The van der Waals surface area contributed by atoms with Crippen molar-refractivity contribution in [1.82, 2.24) is 0 Å². The molecule has 0 fully saturated rings. The molecule has 0 aliphatic carbocycles. The van der Waals surface area contributed by atoms with Gasteiger partial charge in [-0.3, -0.25) is 9.59 Å². The number of ether oxygens (including phenoxy) is 2. The molecule has 0 aliphatic heterocycles. The van der Waals surface area contributed by atoms with Gasteiger partial charge in [-0.25, -0.2) is 4.79 Å². The SMILES string of the molecule is C=Cc1ccc(COc2cccc(C(=O)CC(=O)C(=O)OCC)c2)cc1. The van der Waals surface area contributed by atoms with Crippen molar-refractivity contribution in [3.63, 3.8) is 0 Å². The fourth-order valence-corrected chi connectivity index (χ4v) is 2.21. The average molecular weight is 352 g/mol. The Kier molecular flexibility index (Phi) is 6.85. The Morgan fingerprint density at radius 3 is 2.46 bits per heavy atom. The first-order chi connectivity index (χ1) is 12.5. The van der Waals surface area contributed by atoms with E-state index in [-0.39, 0.29) is 6.61 Å². The number of esters is 1. The fraction of sp³-hybridized carbons (Fsp3) is 0.190. The Labute approximate surface area is 152 Å². The third kappa shape index (κ3) is 5.41. The topological polar surface area (TPSA) is 69.7 Å². The molecule has 5 heteroatoms. The van der Waals surface area contributed by atoms with Gasteiger partial charge in [0, 0.05) is 5.56 Å². The van der Waals surface area contributed by atoms with E-state index in [1.54, 1.807) is 37.3 Å². The molecule has 0 saturated carbocycles. The lowest BCUT2D eigenvalue weighted by molar-refractivity contribution is -0.153. The van der Waals surface area contributed by atoms with Crippen LogP contribution >= 0.6 is 0 Å². The first-order valence-corrected chi connectivity index (χ1v) is 8.21. The number of hydrogen-bond donors (Lipinski definition) is 0. The summed E-state index contributed by atoms with van der Waals surface area (Å²) in [6.07, 6.45) is 1.24. The maximum atomic E-state index is 12.2. The van der Waals surface area contributed by atoms with Gasteiger partial charge in [-0.1, -0.05) is 49.1 Å². The van der Waals surface area contributed by atoms with Crippen LogP contribution in [0.15, 0.2) is 55.1 Å². The zero-order chi connectivity index (χ0) is 18.9. The smallest absolute Gasteiger partial charge is 0.375 e. The van der Waals surface area contributed by atoms with Crippen molar-refractivity contribution < 1.29 is 23.9 Å². The van der Waals surface area contributed by atoms with E-state index in [2.05, 4.69) is 11.3 Å². The van der Waals surface area contributed by atoms with Crippen LogP contribution in [-0.2, 0) is 20.9 Å². The Morgan fingerprint density at radius 1 is 1.08 bits per heavy atom. The number of Topliss-reactive ketones (excluding diaryl/α,β-unsaturated/α-hetero) is 2. The molecule has 0 atom stereocenters. The van der Waals surface area contributed by atoms with E-state index in [4.69, 9.17) is 4.74 Å². The Bertz CT molecular complexity index is 805. The molecular formula is C21H20O5. The lowest BCUT2D eigenvalue weighted by Gasteiger charge is -2.08. The predicted molar refractivity (Wildman–Crippen MR) is 97.9 cm³/mol. The molecule has 26 heavy (non-hydrogen) atoms. The van der Waals surface area contributed by atoms with Gasteiger partial charge in [0.05, 0.1) is 13.0 Å². The highest BCUT2D eigenvalue weighted by Gasteiger charge is 2.20. The second kappa shape index (κ2) is 9.32. The predicted octanol–water partition coefficient (Wildman–Crippen LogP) is 3.61. The maximum absolute atomic E-state index is 12.2. The van der Waals surface area contributed by atoms with Crippen molar-refractivity contribution in [3.8, 4) is 5.75 Å². The van der Waals surface area contributed by atoms with E-state index in [0.29, 0.717) is 17.9 Å². The summed E-state index contributed by atoms with van der Waals surface area (Å²) in [5, 5.41) is 0. The second-order valence-electron chi connectivity index (χ2n) is 5.51. The molecule has 2 aromatic rings. The molecule has 0 amide bonds. The molecule has 0 N–H and O–H groups in total. The van der Waals surface area contributed by atoms with Gasteiger partial charge in [0.15, 0.2) is 5.78 Å². The molecule has 2 rings (SSSR count). The van der Waals surface area contributed by atoms with Crippen molar-refractivity contribution in [1.29, 1.82) is 0 Å². The average Bonchev–Trinajstić information content (AvgIpc) is 2.67. The lowest BCUT2D eigenvalue weighted by Crippen LogP contribution is -2.20. The molecular weight excluding hydrogens is 332 g/mol. The van der Waals surface area contributed by atoms with E-state index < -0.39 is 24.0 Å². The summed E-state index contributed by atoms with van der Waals surface area (Å²) >= 11 is 0. The molecule has 2 aromatic carbocycles. The van der Waals surface area contributed by atoms with Crippen LogP contribution in [0, 0.1) is 0 Å². The molecule has 0 aromatic heterocycles. The zero-order valence-corrected chi connectivity index (χ0v) is 14.6. The molecule has 0 unspecified atom stereocenters. The monoisotopic (exact) mass is 352 g/mol. The molecule has 5 nitrogen and oxygen atoms in total. The number of ketones is 2. The van der Waals surface area contributed by atoms with E-state index in [1.165, 1.54) is 0 Å². The summed E-state index contributed by atoms with van der Waals surface area (Å²) in [4.78, 5) is 35.1. The second-order valence-corrected chi connectivity index (χ2v) is 5.51. The maximum Gasteiger partial charge on any atom is 0.375 e. The summed E-state index contributed by atoms with van der Waals surface area (Å²) in [6, 6.07) is 14.3. The van der Waals surface area contributed by atoms with Crippen molar-refractivity contribution in [2.75, 3.05) is 6.61 Å². The molecule has 0 heterocycles. The third-order valence-electron chi connectivity index (χ3n) is 3.60. The van der Waals surface area contributed by atoms with Gasteiger partial charge in [-0.05, 0) is 30.2 Å². The number of hydrogen-bond acceptors (Lipinski definition) is 5. The highest BCUT2D eigenvalue weighted by Crippen LogP contribution is 2.17. The van der Waals surface area contributed by atoms with Gasteiger partial charge in [0.1, 0.15) is 12.4 Å². The number of benzene rings is 2. The summed E-state index contributed by atoms with van der Waals surface area (Å²) in [6.45, 7) is 5.74. The van der Waals surface area contributed by atoms with Crippen molar-refractivity contribution in [2.45, 2.75) is 20.0 Å². The van der Waals surface area contributed by atoms with Crippen LogP contribution < -0.4 is 4.74 Å². The first kappa shape index (κ1) is 19.1. The fourth-order valence-electron chi connectivity index (χ4n) is 2.21. The minimum Gasteiger partial charge on any atom is -0.489 e. The van der Waals surface area contributed by atoms with E-state index >= 15 is 0 Å². The van der Waals surface area contributed by atoms with Crippen LogP contribution in [0.5, 0.6) is 5.75 Å². The van der Waals surface area contributed by atoms with Gasteiger partial charge >= 0.3 is 5.97 Å². The lowest BCUT2D eigenvalue weighted by atomic mass is 10.1. The molecule has 0 bridgehead atoms. The van der Waals surface area contributed by atoms with Crippen LogP contribution in [0.2, 0.25) is 0 Å². The number of rotatable bonds is 9. The van der Waals surface area contributed by atoms with E-state index in [1.807, 2.05) is 24.3 Å². The first-order valence-electron chi connectivity index (χ1n) is 8.21. The largest absolute Gasteiger partial charge is 0.489 e. The zero-order valence-electron chi connectivity index (χ0n) is 14.6. The van der Waals surface area contributed by atoms with Gasteiger partial charge in [0.25, 0.3) is 0 Å². The molecule has 134 valence electrons. The van der Waals surface area contributed by atoms with Crippen molar-refractivity contribution in [2.24, 2.45) is 0 Å². The quantitative estimate of drug-likeness (QED) is 0.298. The Morgan fingerprint density at radius 2 is 1.81 bits per heavy atom. The van der Waals surface area contributed by atoms with Gasteiger partial charge in [-0.2, -0.15) is 0 Å².